The van der Waals surface area contributed by atoms with Crippen LogP contribution in [0.5, 0.6) is 0 Å². The van der Waals surface area contributed by atoms with Gasteiger partial charge in [-0.3, -0.25) is 0 Å². The van der Waals surface area contributed by atoms with Crippen LogP contribution in [-0.4, -0.2) is 133 Å². The molecule has 0 amide bonds. The first-order chi connectivity index (χ1) is 65.5. The van der Waals surface area contributed by atoms with Gasteiger partial charge in [0.05, 0.1) is 66.3 Å². The molecule has 13 aromatic carbocycles. The minimum atomic E-state index is -2.20. The molecule has 0 aromatic heterocycles. The van der Waals surface area contributed by atoms with Gasteiger partial charge in [-0.05, 0) is 272 Å². The largest absolute Gasteiger partial charge is 0.378 e. The minimum absolute atomic E-state index is 0.142. The number of benzene rings is 13. The summed E-state index contributed by atoms with van der Waals surface area (Å²) in [6.45, 7) is 65.7. The Morgan fingerprint density at radius 1 is 0.273 bits per heavy atom. The zero-order chi connectivity index (χ0) is 101. The Morgan fingerprint density at radius 2 is 0.554 bits per heavy atom. The molecule has 0 fully saturated rings. The van der Waals surface area contributed by atoms with Gasteiger partial charge < -0.3 is 29.4 Å². The summed E-state index contributed by atoms with van der Waals surface area (Å²) in [7, 11) is 13.7. The normalized spacial score (nSPS) is 16.3. The molecule has 6 aliphatic rings. The van der Waals surface area contributed by atoms with E-state index in [1.54, 1.807) is 0 Å². The molecule has 2 unspecified atom stereocenters. The Kier molecular flexibility index (Phi) is 29.6. The third-order valence-electron chi connectivity index (χ3n) is 30.5. The van der Waals surface area contributed by atoms with Crippen molar-refractivity contribution in [3.8, 4) is 0 Å². The van der Waals surface area contributed by atoms with Gasteiger partial charge in [0.25, 0.3) is 0 Å². The summed E-state index contributed by atoms with van der Waals surface area (Å²) in [4.78, 5) is 42.7. The van der Waals surface area contributed by atoms with Gasteiger partial charge in [0.15, 0.2) is 8.07 Å². The summed E-state index contributed by atoms with van der Waals surface area (Å²) in [6, 6.07) is 93.8. The lowest BCUT2D eigenvalue weighted by molar-refractivity contribution is 0.635. The zero-order valence-electron chi connectivity index (χ0n) is 88.8. The predicted octanol–water partition coefficient (Wildman–Crippen LogP) is 13.2. The van der Waals surface area contributed by atoms with Gasteiger partial charge >= 0.3 is 0 Å². The van der Waals surface area contributed by atoms with E-state index in [0.717, 1.165) is 86.2 Å². The number of anilines is 6. The van der Waals surface area contributed by atoms with E-state index in [1.165, 1.54) is 137 Å². The van der Waals surface area contributed by atoms with Crippen LogP contribution in [0.15, 0.2) is 279 Å². The van der Waals surface area contributed by atoms with Crippen molar-refractivity contribution in [1.29, 1.82) is 0 Å². The summed E-state index contributed by atoms with van der Waals surface area (Å²) in [5.74, 6) is 0. The molecule has 19 rings (SSSR count). The van der Waals surface area contributed by atoms with Crippen LogP contribution in [0.3, 0.4) is 0 Å². The van der Waals surface area contributed by atoms with Crippen LogP contribution in [-0.2, 0) is 0 Å². The van der Waals surface area contributed by atoms with Gasteiger partial charge in [0.2, 0.25) is 0 Å². The molecule has 0 aliphatic carbocycles. The van der Waals surface area contributed by atoms with Crippen LogP contribution >= 0.6 is 0 Å². The van der Waals surface area contributed by atoms with Crippen LogP contribution in [0.1, 0.15) is 96.4 Å². The first-order valence-corrected chi connectivity index (χ1v) is 64.4. The van der Waals surface area contributed by atoms with E-state index < -0.39 is 48.4 Å². The second kappa shape index (κ2) is 39.9. The topological polar surface area (TPSA) is 93.6 Å². The van der Waals surface area contributed by atoms with Crippen LogP contribution in [0.4, 0.5) is 68.2 Å². The quantitative estimate of drug-likeness (QED) is 0.107. The minimum Gasteiger partial charge on any atom is -0.378 e. The summed E-state index contributed by atoms with van der Waals surface area (Å²) in [5.41, 5.74) is 15.6. The number of rotatable bonds is 13. The zero-order valence-corrected chi connectivity index (χ0v) is 94.8. The van der Waals surface area contributed by atoms with Crippen molar-refractivity contribution in [1.82, 2.24) is 0 Å². The predicted molar refractivity (Wildman–Crippen MR) is 624 cm³/mol. The van der Waals surface area contributed by atoms with Crippen molar-refractivity contribution < 1.29 is 0 Å². The third-order valence-corrected chi connectivity index (χ3v) is 61.6. The van der Waals surface area contributed by atoms with Gasteiger partial charge in [-0.25, -0.2) is 30.0 Å². The molecule has 0 radical (unpaired) electrons. The SMILES string of the molecule is C=c1ccc2c(c1)[Si](C(C)(C)C)(C(C)(C)C)c1cc(N(C)C)ccc1N=2.C=c1ccc2c(c1)[Si](C(C)C)(C(C)C)c1cc(N(C)C)ccc1N=2.C=c1ccc2c(c1)[Si](C)(C)c1cc(N(C)C)ccc1N=2.C=c1ccc2c(c1)[Si](C)(CCC)c1cc(N(C)C)ccc1N=2.C=c1ccc2c(c1)[Si](C)(c1ccccc1)c1cc(N(C)C)ccc1N=2.C=c1ccc2c(c1)[Si](CC)(CC)c1cc(N(C)C)ccc1N=2. The molecule has 0 N–H and O–H groups in total. The molecule has 0 bridgehead atoms. The highest BCUT2D eigenvalue weighted by atomic mass is 28.3. The third kappa shape index (κ3) is 19.2. The van der Waals surface area contributed by atoms with Crippen molar-refractivity contribution in [3.05, 3.63) is 312 Å². The molecule has 0 saturated heterocycles. The average Bonchev–Trinajstić information content (AvgIpc) is 0.686. The molecule has 0 spiro atoms. The van der Waals surface area contributed by atoms with Crippen molar-refractivity contribution in [3.63, 3.8) is 0 Å². The molecule has 18 heteroatoms. The molecular weight excluding hydrogens is 1790 g/mol. The van der Waals surface area contributed by atoms with Gasteiger partial charge in [-0.2, -0.15) is 0 Å². The number of nitrogens with zero attached hydrogens (tertiary/aromatic N) is 12. The van der Waals surface area contributed by atoms with Crippen molar-refractivity contribution in [2.45, 2.75) is 162 Å². The summed E-state index contributed by atoms with van der Waals surface area (Å²) in [5, 5.41) is 32.3. The maximum Gasteiger partial charge on any atom is 0.151 e. The van der Waals surface area contributed by atoms with E-state index >= 15 is 0 Å². The Bertz CT molecular complexity index is 7640. The van der Waals surface area contributed by atoms with Crippen molar-refractivity contribution >= 4 is 224 Å². The van der Waals surface area contributed by atoms with E-state index in [-0.39, 0.29) is 10.1 Å². The monoisotopic (exact) mass is 1940 g/mol. The Hall–Kier alpha value is -12.0. The van der Waals surface area contributed by atoms with E-state index in [1.807, 2.05) is 6.07 Å². The highest BCUT2D eigenvalue weighted by molar-refractivity contribution is 7.12. The standard InChI is InChI=1S/C23H32N2Si.C22H22N2Si.C21H28N2Si.2C19H24N2Si.C17H20N2Si/c1-16-10-12-18-20(14-16)26(22(2,3)4,23(5,6)7)21-15-17(25(8)9)11-13-19(21)24-18;1-16-10-12-19-21(14-16)25(4,18-8-6-5-7-9-18)22-15-17(24(2)3)11-13-20(22)23-19;1-14(2)24(15(3)4)20-12-16(5)8-10-18(20)22-19-11-9-17(23(6)7)13-21(19)24;1-6-11-22(5)18-12-14(2)7-9-16(18)20-17-10-8-15(21(3)4)13-19(17)22;1-6-22(7-2)18-12-14(3)8-10-16(18)20-17-11-9-15(21(4)5)13-19(17)22;1-12-6-8-14-16(10-12)20(4,5)17-11-13(19(2)3)7-9-15(17)18-14/h10-15H,1H2,2-9H3;5-15H,1H2,2-4H3;8-15H,5H2,1-4,6-7H3;7-10,12-13H,2,6,11H2,1,3-5H3;8-13H,3,6-7H2,1-2,4-5H3;6-11H,1H2,2-5H3. The lowest BCUT2D eigenvalue weighted by atomic mass is 10.2. The molecule has 2 atom stereocenters. The highest BCUT2D eigenvalue weighted by Crippen LogP contribution is 2.52. The van der Waals surface area contributed by atoms with Gasteiger partial charge in [0.1, 0.15) is 40.4 Å². The van der Waals surface area contributed by atoms with E-state index in [4.69, 9.17) is 30.0 Å². The fourth-order valence-corrected chi connectivity index (χ4v) is 52.6. The average molecular weight is 1940 g/mol. The fourth-order valence-electron chi connectivity index (χ4n) is 23.4. The van der Waals surface area contributed by atoms with Crippen LogP contribution in [0.2, 0.25) is 65.5 Å². The molecule has 6 heterocycles. The van der Waals surface area contributed by atoms with Crippen molar-refractivity contribution in [2.24, 2.45) is 30.0 Å². The molecular formula is C121H150N12Si6. The van der Waals surface area contributed by atoms with Crippen molar-refractivity contribution in [2.75, 3.05) is 114 Å². The first-order valence-electron chi connectivity index (χ1n) is 49.6. The maximum atomic E-state index is 5.06. The first kappa shape index (κ1) is 103. The second-order valence-electron chi connectivity index (χ2n) is 43.8. The van der Waals surface area contributed by atoms with Gasteiger partial charge in [0, 0.05) is 119 Å². The molecule has 718 valence electrons. The Labute approximate surface area is 835 Å². The van der Waals surface area contributed by atoms with Gasteiger partial charge in [-0.1, -0.05) is 277 Å². The Morgan fingerprint density at radius 3 is 0.942 bits per heavy atom. The van der Waals surface area contributed by atoms with E-state index in [9.17, 15) is 0 Å². The smallest absolute Gasteiger partial charge is 0.151 e. The van der Waals surface area contributed by atoms with E-state index in [0.29, 0.717) is 11.1 Å². The number of fused-ring (bicyclic) bond motifs is 12. The lowest BCUT2D eigenvalue weighted by Gasteiger charge is -2.54. The molecule has 6 aliphatic heterocycles. The molecule has 0 saturated carbocycles. The second-order valence-corrected chi connectivity index (χ2v) is 71.6. The van der Waals surface area contributed by atoms with E-state index in [2.05, 4.69) is 512 Å². The Balaban J connectivity index is 0.000000133. The summed E-state index contributed by atoms with van der Waals surface area (Å²) >= 11 is 0. The lowest BCUT2D eigenvalue weighted by Crippen LogP contribution is -2.74. The molecule has 13 aromatic rings. The van der Waals surface area contributed by atoms with Gasteiger partial charge in [-0.15, -0.1) is 0 Å². The number of hydrogen-bond donors (Lipinski definition) is 0. The highest BCUT2D eigenvalue weighted by Gasteiger charge is 2.58. The fraction of sp³-hybridized carbons (Fsp3) is 0.306. The summed E-state index contributed by atoms with van der Waals surface area (Å²) < 4.78 is 0. The van der Waals surface area contributed by atoms with Crippen LogP contribution in [0.25, 0.3) is 39.5 Å². The number of hydrogen-bond acceptors (Lipinski definition) is 12. The molecule has 12 nitrogen and oxygen atoms in total. The van der Waals surface area contributed by atoms with Crippen LogP contribution in [0, 0.1) is 0 Å². The summed E-state index contributed by atoms with van der Waals surface area (Å²) in [6.07, 6.45) is 1.20. The van der Waals surface area contributed by atoms with Crippen LogP contribution < -0.4 is 160 Å². The maximum absolute atomic E-state index is 5.06. The molecule has 139 heavy (non-hydrogen) atoms.